The first kappa shape index (κ1) is 13.7. The van der Waals surface area contributed by atoms with Gasteiger partial charge in [0, 0.05) is 16.1 Å². The van der Waals surface area contributed by atoms with Gasteiger partial charge >= 0.3 is 0 Å². The molecule has 0 aliphatic carbocycles. The summed E-state index contributed by atoms with van der Waals surface area (Å²) in [5.74, 6) is 0. The second-order valence-corrected chi connectivity index (χ2v) is 5.56. The van der Waals surface area contributed by atoms with Crippen LogP contribution in [0.15, 0.2) is 46.5 Å². The van der Waals surface area contributed by atoms with Crippen LogP contribution in [0.4, 0.5) is 0 Å². The van der Waals surface area contributed by atoms with Gasteiger partial charge in [-0.2, -0.15) is 0 Å². The van der Waals surface area contributed by atoms with E-state index >= 15 is 0 Å². The molecule has 1 aromatic carbocycles. The fourth-order valence-corrected chi connectivity index (χ4v) is 2.98. The SMILES string of the molecule is NCCc1ccc(Cl)cc1Sc1ncccc1Cl. The maximum Gasteiger partial charge on any atom is 0.119 e. The highest BCUT2D eigenvalue weighted by Gasteiger charge is 2.08. The molecule has 2 nitrogen and oxygen atoms in total. The lowest BCUT2D eigenvalue weighted by atomic mass is 10.1. The van der Waals surface area contributed by atoms with Crippen LogP contribution in [0, 0.1) is 0 Å². The van der Waals surface area contributed by atoms with E-state index in [1.165, 1.54) is 11.8 Å². The van der Waals surface area contributed by atoms with Gasteiger partial charge in [-0.15, -0.1) is 0 Å². The average molecular weight is 299 g/mol. The van der Waals surface area contributed by atoms with E-state index in [1.807, 2.05) is 30.3 Å². The number of pyridine rings is 1. The summed E-state index contributed by atoms with van der Waals surface area (Å²) in [5, 5.41) is 2.12. The van der Waals surface area contributed by atoms with Crippen molar-refractivity contribution in [3.63, 3.8) is 0 Å². The van der Waals surface area contributed by atoms with Crippen molar-refractivity contribution in [3.05, 3.63) is 52.1 Å². The van der Waals surface area contributed by atoms with E-state index in [4.69, 9.17) is 28.9 Å². The molecule has 0 radical (unpaired) electrons. The molecular weight excluding hydrogens is 287 g/mol. The van der Waals surface area contributed by atoms with E-state index in [0.29, 0.717) is 16.6 Å². The van der Waals surface area contributed by atoms with Crippen molar-refractivity contribution in [1.29, 1.82) is 0 Å². The normalized spacial score (nSPS) is 10.6. The Bertz CT molecular complexity index is 546. The van der Waals surface area contributed by atoms with Gasteiger partial charge < -0.3 is 5.73 Å². The van der Waals surface area contributed by atoms with E-state index < -0.39 is 0 Å². The molecular formula is C13H12Cl2N2S. The van der Waals surface area contributed by atoms with Gasteiger partial charge in [-0.05, 0) is 42.8 Å². The third-order valence-corrected chi connectivity index (χ3v) is 4.15. The van der Waals surface area contributed by atoms with Gasteiger partial charge in [0.2, 0.25) is 0 Å². The van der Waals surface area contributed by atoms with Gasteiger partial charge in [0.1, 0.15) is 5.03 Å². The number of halogens is 2. The summed E-state index contributed by atoms with van der Waals surface area (Å²) in [5.41, 5.74) is 6.77. The van der Waals surface area contributed by atoms with Crippen LogP contribution >= 0.6 is 35.0 Å². The second kappa shape index (κ2) is 6.43. The molecule has 1 aromatic heterocycles. The lowest BCUT2D eigenvalue weighted by Gasteiger charge is -2.09. The number of benzene rings is 1. The summed E-state index contributed by atoms with van der Waals surface area (Å²) >= 11 is 13.6. The molecule has 0 bridgehead atoms. The number of nitrogens with two attached hydrogens (primary N) is 1. The Balaban J connectivity index is 2.33. The molecule has 0 aliphatic rings. The number of rotatable bonds is 4. The van der Waals surface area contributed by atoms with Gasteiger partial charge in [0.05, 0.1) is 5.02 Å². The van der Waals surface area contributed by atoms with Crippen molar-refractivity contribution in [1.82, 2.24) is 4.98 Å². The number of hydrogen-bond donors (Lipinski definition) is 1. The lowest BCUT2D eigenvalue weighted by Crippen LogP contribution is -2.03. The monoisotopic (exact) mass is 298 g/mol. The van der Waals surface area contributed by atoms with Crippen molar-refractivity contribution in [3.8, 4) is 0 Å². The molecule has 5 heteroatoms. The molecule has 0 spiro atoms. The summed E-state index contributed by atoms with van der Waals surface area (Å²) in [7, 11) is 0. The second-order valence-electron chi connectivity index (χ2n) is 3.68. The maximum absolute atomic E-state index is 6.10. The van der Waals surface area contributed by atoms with Gasteiger partial charge in [0.15, 0.2) is 0 Å². The first-order valence-corrected chi connectivity index (χ1v) is 7.05. The standard InChI is InChI=1S/C13H12Cl2N2S/c14-10-4-3-9(5-6-16)12(8-10)18-13-11(15)2-1-7-17-13/h1-4,7-8H,5-6,16H2. The highest BCUT2D eigenvalue weighted by Crippen LogP contribution is 2.34. The van der Waals surface area contributed by atoms with Crippen molar-refractivity contribution < 1.29 is 0 Å². The lowest BCUT2D eigenvalue weighted by molar-refractivity contribution is 0.943. The van der Waals surface area contributed by atoms with Crippen molar-refractivity contribution in [2.45, 2.75) is 16.3 Å². The molecule has 0 saturated carbocycles. The highest BCUT2D eigenvalue weighted by atomic mass is 35.5. The van der Waals surface area contributed by atoms with Crippen LogP contribution in [0.1, 0.15) is 5.56 Å². The molecule has 94 valence electrons. The fourth-order valence-electron chi connectivity index (χ4n) is 1.54. The molecule has 0 atom stereocenters. The topological polar surface area (TPSA) is 38.9 Å². The summed E-state index contributed by atoms with van der Waals surface area (Å²) in [4.78, 5) is 5.31. The number of hydrogen-bond acceptors (Lipinski definition) is 3. The first-order chi connectivity index (χ1) is 8.70. The summed E-state index contributed by atoms with van der Waals surface area (Å²) in [6.07, 6.45) is 2.53. The summed E-state index contributed by atoms with van der Waals surface area (Å²) < 4.78 is 0. The molecule has 0 aliphatic heterocycles. The van der Waals surface area contributed by atoms with E-state index in [0.717, 1.165) is 21.9 Å². The zero-order valence-electron chi connectivity index (χ0n) is 9.57. The molecule has 0 unspecified atom stereocenters. The molecule has 0 fully saturated rings. The predicted molar refractivity (Wildman–Crippen MR) is 77.6 cm³/mol. The van der Waals surface area contributed by atoms with Crippen LogP contribution in [-0.2, 0) is 6.42 Å². The molecule has 1 heterocycles. The van der Waals surface area contributed by atoms with Gasteiger partial charge in [-0.25, -0.2) is 4.98 Å². The predicted octanol–water partition coefficient (Wildman–Crippen LogP) is 4.04. The van der Waals surface area contributed by atoms with Gasteiger partial charge in [0.25, 0.3) is 0 Å². The van der Waals surface area contributed by atoms with E-state index in [9.17, 15) is 0 Å². The fraction of sp³-hybridized carbons (Fsp3) is 0.154. The Morgan fingerprint density at radius 1 is 1.22 bits per heavy atom. The van der Waals surface area contributed by atoms with E-state index in [-0.39, 0.29) is 0 Å². The summed E-state index contributed by atoms with van der Waals surface area (Å²) in [6.45, 7) is 0.602. The highest BCUT2D eigenvalue weighted by molar-refractivity contribution is 7.99. The molecule has 2 aromatic rings. The molecule has 18 heavy (non-hydrogen) atoms. The van der Waals surface area contributed by atoms with Crippen molar-refractivity contribution in [2.24, 2.45) is 5.73 Å². The minimum absolute atomic E-state index is 0.602. The molecule has 0 saturated heterocycles. The molecule has 0 amide bonds. The van der Waals surface area contributed by atoms with E-state index in [1.54, 1.807) is 6.20 Å². The maximum atomic E-state index is 6.10. The Labute approximate surface area is 121 Å². The Morgan fingerprint density at radius 3 is 2.78 bits per heavy atom. The third kappa shape index (κ3) is 3.39. The molecule has 2 rings (SSSR count). The van der Waals surface area contributed by atoms with Gasteiger partial charge in [-0.1, -0.05) is 41.0 Å². The average Bonchev–Trinajstić information content (AvgIpc) is 2.36. The largest absolute Gasteiger partial charge is 0.330 e. The number of aromatic nitrogens is 1. The Kier molecular flexibility index (Phi) is 4.89. The van der Waals surface area contributed by atoms with Gasteiger partial charge in [-0.3, -0.25) is 0 Å². The van der Waals surface area contributed by atoms with Crippen molar-refractivity contribution in [2.75, 3.05) is 6.54 Å². The minimum atomic E-state index is 0.602. The minimum Gasteiger partial charge on any atom is -0.330 e. The smallest absolute Gasteiger partial charge is 0.119 e. The van der Waals surface area contributed by atoms with Crippen LogP contribution < -0.4 is 5.73 Å². The first-order valence-electron chi connectivity index (χ1n) is 5.47. The third-order valence-electron chi connectivity index (χ3n) is 2.37. The zero-order valence-corrected chi connectivity index (χ0v) is 11.9. The van der Waals surface area contributed by atoms with Crippen LogP contribution in [0.5, 0.6) is 0 Å². The van der Waals surface area contributed by atoms with Crippen LogP contribution in [0.2, 0.25) is 10.0 Å². The zero-order chi connectivity index (χ0) is 13.0. The van der Waals surface area contributed by atoms with Crippen LogP contribution in [0.25, 0.3) is 0 Å². The number of nitrogens with zero attached hydrogens (tertiary/aromatic N) is 1. The summed E-state index contributed by atoms with van der Waals surface area (Å²) in [6, 6.07) is 9.42. The Morgan fingerprint density at radius 2 is 2.06 bits per heavy atom. The Hall–Kier alpha value is -0.740. The quantitative estimate of drug-likeness (QED) is 0.926. The van der Waals surface area contributed by atoms with Crippen molar-refractivity contribution >= 4 is 35.0 Å². The molecule has 2 N–H and O–H groups in total. The van der Waals surface area contributed by atoms with E-state index in [2.05, 4.69) is 4.98 Å². The van der Waals surface area contributed by atoms with Crippen LogP contribution in [-0.4, -0.2) is 11.5 Å². The van der Waals surface area contributed by atoms with Crippen LogP contribution in [0.3, 0.4) is 0 Å².